The molecule has 5 heteroatoms. The van der Waals surface area contributed by atoms with Crippen molar-refractivity contribution in [3.8, 4) is 0 Å². The monoisotopic (exact) mass is 525 g/mol. The van der Waals surface area contributed by atoms with Gasteiger partial charge < -0.3 is 10.2 Å². The van der Waals surface area contributed by atoms with Crippen LogP contribution in [0.4, 0.5) is 17.1 Å². The number of nitrogens with zero attached hydrogens (tertiary/aromatic N) is 2. The quantitative estimate of drug-likeness (QED) is 0.146. The lowest BCUT2D eigenvalue weighted by molar-refractivity contribution is -0.118. The molecule has 0 aliphatic rings. The summed E-state index contributed by atoms with van der Waals surface area (Å²) < 4.78 is 0. The molecule has 2 unspecified atom stereocenters. The summed E-state index contributed by atoms with van der Waals surface area (Å²) in [5.41, 5.74) is 3.59. The maximum absolute atomic E-state index is 13.7. The van der Waals surface area contributed by atoms with Crippen molar-refractivity contribution in [2.75, 3.05) is 16.8 Å². The summed E-state index contributed by atoms with van der Waals surface area (Å²) >= 11 is 3.65. The van der Waals surface area contributed by atoms with Crippen LogP contribution >= 0.6 is 15.9 Å². The number of halogens is 1. The fourth-order valence-electron chi connectivity index (χ4n) is 3.76. The zero-order valence-electron chi connectivity index (χ0n) is 19.6. The molecule has 0 saturated heterocycles. The van der Waals surface area contributed by atoms with Gasteiger partial charge in [-0.15, -0.1) is 0 Å². The SMILES string of the molecule is CC(CN(C(=O)C(Br)c1ccccc1)c1ccccc1)C(=Nc1ccccc1)Nc1ccccc1. The Morgan fingerprint density at radius 3 is 1.91 bits per heavy atom. The number of alkyl halides is 1. The van der Waals surface area contributed by atoms with Gasteiger partial charge in [0.25, 0.3) is 0 Å². The highest BCUT2D eigenvalue weighted by atomic mass is 79.9. The van der Waals surface area contributed by atoms with Gasteiger partial charge in [-0.3, -0.25) is 4.79 Å². The Bertz CT molecular complexity index is 1230. The molecule has 4 rings (SSSR count). The molecule has 4 nitrogen and oxygen atoms in total. The van der Waals surface area contributed by atoms with E-state index >= 15 is 0 Å². The van der Waals surface area contributed by atoms with Crippen LogP contribution in [0.1, 0.15) is 17.3 Å². The van der Waals surface area contributed by atoms with Crippen molar-refractivity contribution in [2.45, 2.75) is 11.8 Å². The number of amidine groups is 1. The Balaban J connectivity index is 1.65. The van der Waals surface area contributed by atoms with Crippen LogP contribution in [0, 0.1) is 5.92 Å². The number of anilines is 2. The van der Waals surface area contributed by atoms with Crippen molar-refractivity contribution in [1.82, 2.24) is 0 Å². The number of para-hydroxylation sites is 3. The van der Waals surface area contributed by atoms with Crippen LogP contribution in [0.5, 0.6) is 0 Å². The summed E-state index contributed by atoms with van der Waals surface area (Å²) in [6.45, 7) is 2.55. The minimum Gasteiger partial charge on any atom is -0.343 e. The van der Waals surface area contributed by atoms with Gasteiger partial charge in [0.2, 0.25) is 5.91 Å². The summed E-state index contributed by atoms with van der Waals surface area (Å²) in [5.74, 6) is 0.699. The first-order valence-electron chi connectivity index (χ1n) is 11.6. The first-order chi connectivity index (χ1) is 17.1. The number of carbonyl (C=O) groups excluding carboxylic acids is 1. The van der Waals surface area contributed by atoms with Gasteiger partial charge in [0.15, 0.2) is 0 Å². The van der Waals surface area contributed by atoms with Gasteiger partial charge >= 0.3 is 0 Å². The smallest absolute Gasteiger partial charge is 0.245 e. The molecule has 0 aromatic heterocycles. The highest BCUT2D eigenvalue weighted by Crippen LogP contribution is 2.29. The van der Waals surface area contributed by atoms with E-state index in [0.717, 1.165) is 28.5 Å². The maximum atomic E-state index is 13.7. The van der Waals surface area contributed by atoms with E-state index in [-0.39, 0.29) is 11.8 Å². The third kappa shape index (κ3) is 6.67. The molecule has 0 aliphatic carbocycles. The summed E-state index contributed by atoms with van der Waals surface area (Å²) in [6.07, 6.45) is 0. The Labute approximate surface area is 215 Å². The zero-order valence-corrected chi connectivity index (χ0v) is 21.2. The van der Waals surface area contributed by atoms with Crippen LogP contribution in [-0.4, -0.2) is 18.3 Å². The highest BCUT2D eigenvalue weighted by Gasteiger charge is 2.27. The summed E-state index contributed by atoms with van der Waals surface area (Å²) in [7, 11) is 0. The second-order valence-electron chi connectivity index (χ2n) is 8.28. The molecule has 0 bridgehead atoms. The van der Waals surface area contributed by atoms with Crippen LogP contribution in [0.3, 0.4) is 0 Å². The zero-order chi connectivity index (χ0) is 24.5. The highest BCUT2D eigenvalue weighted by molar-refractivity contribution is 9.09. The average molecular weight is 526 g/mol. The molecule has 0 saturated carbocycles. The van der Waals surface area contributed by atoms with E-state index in [1.54, 1.807) is 0 Å². The molecule has 1 N–H and O–H groups in total. The molecule has 0 heterocycles. The number of hydrogen-bond donors (Lipinski definition) is 1. The molecule has 0 radical (unpaired) electrons. The predicted octanol–water partition coefficient (Wildman–Crippen LogP) is 7.63. The molecule has 176 valence electrons. The van der Waals surface area contributed by atoms with E-state index in [4.69, 9.17) is 4.99 Å². The van der Waals surface area contributed by atoms with Crippen molar-refractivity contribution in [2.24, 2.45) is 10.9 Å². The van der Waals surface area contributed by atoms with Gasteiger partial charge in [-0.1, -0.05) is 108 Å². The predicted molar refractivity (Wildman–Crippen MR) is 150 cm³/mol. The van der Waals surface area contributed by atoms with E-state index in [1.165, 1.54) is 0 Å². The standard InChI is InChI=1S/C30H28BrN3O/c1-23(29(32-25-16-8-3-9-17-25)33-26-18-10-4-11-19-26)22-34(27-20-12-5-13-21-27)30(35)28(31)24-14-6-2-7-15-24/h2-21,23,28H,22H2,1H3,(H,32,33). The summed E-state index contributed by atoms with van der Waals surface area (Å²) in [4.78, 5) is 20.0. The van der Waals surface area contributed by atoms with Crippen molar-refractivity contribution < 1.29 is 4.79 Å². The number of rotatable bonds is 8. The number of carbonyl (C=O) groups is 1. The van der Waals surface area contributed by atoms with E-state index < -0.39 is 4.83 Å². The lowest BCUT2D eigenvalue weighted by Crippen LogP contribution is -2.40. The molecule has 1 amide bonds. The topological polar surface area (TPSA) is 44.7 Å². The fraction of sp³-hybridized carbons (Fsp3) is 0.133. The largest absolute Gasteiger partial charge is 0.343 e. The fourth-order valence-corrected chi connectivity index (χ4v) is 4.32. The number of hydrogen-bond acceptors (Lipinski definition) is 2. The Kier molecular flexibility index (Phi) is 8.47. The van der Waals surface area contributed by atoms with Crippen LogP contribution < -0.4 is 10.2 Å². The van der Waals surface area contributed by atoms with Gasteiger partial charge in [-0.05, 0) is 42.0 Å². The van der Waals surface area contributed by atoms with Crippen LogP contribution in [-0.2, 0) is 4.79 Å². The molecule has 0 spiro atoms. The van der Waals surface area contributed by atoms with Crippen LogP contribution in [0.2, 0.25) is 0 Å². The van der Waals surface area contributed by atoms with E-state index in [2.05, 4.69) is 28.2 Å². The van der Waals surface area contributed by atoms with E-state index in [0.29, 0.717) is 6.54 Å². The summed E-state index contributed by atoms with van der Waals surface area (Å²) in [5, 5.41) is 3.48. The Morgan fingerprint density at radius 1 is 0.800 bits per heavy atom. The third-order valence-corrected chi connectivity index (χ3v) is 6.54. The molecule has 0 fully saturated rings. The molecular formula is C30H28BrN3O. The van der Waals surface area contributed by atoms with Crippen molar-refractivity contribution in [3.05, 3.63) is 127 Å². The lowest BCUT2D eigenvalue weighted by Gasteiger charge is -2.29. The van der Waals surface area contributed by atoms with Gasteiger partial charge in [-0.25, -0.2) is 4.99 Å². The second kappa shape index (κ2) is 12.1. The van der Waals surface area contributed by atoms with Gasteiger partial charge in [-0.2, -0.15) is 0 Å². The molecule has 2 atom stereocenters. The number of nitrogens with one attached hydrogen (secondary N) is 1. The van der Waals surface area contributed by atoms with Crippen LogP contribution in [0.25, 0.3) is 0 Å². The average Bonchev–Trinajstić information content (AvgIpc) is 2.92. The minimum absolute atomic E-state index is 0.0203. The summed E-state index contributed by atoms with van der Waals surface area (Å²) in [6, 6.07) is 39.4. The Hall–Kier alpha value is -3.70. The third-order valence-electron chi connectivity index (χ3n) is 5.62. The molecule has 0 aliphatic heterocycles. The van der Waals surface area contributed by atoms with Crippen molar-refractivity contribution >= 4 is 44.7 Å². The Morgan fingerprint density at radius 2 is 1.31 bits per heavy atom. The van der Waals surface area contributed by atoms with E-state index in [1.807, 2.05) is 126 Å². The number of amides is 1. The van der Waals surface area contributed by atoms with Gasteiger partial charge in [0.1, 0.15) is 10.7 Å². The van der Waals surface area contributed by atoms with Crippen molar-refractivity contribution in [3.63, 3.8) is 0 Å². The van der Waals surface area contributed by atoms with Gasteiger partial charge in [0, 0.05) is 23.8 Å². The normalized spacial score (nSPS) is 13.0. The molecule has 4 aromatic rings. The number of aliphatic imine (C=N–C) groups is 1. The minimum atomic E-state index is -0.451. The van der Waals surface area contributed by atoms with Crippen LogP contribution in [0.15, 0.2) is 126 Å². The first kappa shape index (κ1) is 24.4. The maximum Gasteiger partial charge on any atom is 0.245 e. The first-order valence-corrected chi connectivity index (χ1v) is 12.5. The molecule has 35 heavy (non-hydrogen) atoms. The second-order valence-corrected chi connectivity index (χ2v) is 9.20. The van der Waals surface area contributed by atoms with Gasteiger partial charge in [0.05, 0.1) is 5.69 Å². The lowest BCUT2D eigenvalue weighted by atomic mass is 10.1. The molecular weight excluding hydrogens is 498 g/mol. The number of benzene rings is 4. The van der Waals surface area contributed by atoms with Crippen molar-refractivity contribution in [1.29, 1.82) is 0 Å². The van der Waals surface area contributed by atoms with E-state index in [9.17, 15) is 4.79 Å². The molecule has 4 aromatic carbocycles.